The smallest absolute Gasteiger partial charge is 0.406 e. The monoisotopic (exact) mass is 435 g/mol. The van der Waals surface area contributed by atoms with Crippen LogP contribution < -0.4 is 4.74 Å². The summed E-state index contributed by atoms with van der Waals surface area (Å²) in [6.07, 6.45) is -1.31. The van der Waals surface area contributed by atoms with Gasteiger partial charge in [0.2, 0.25) is 5.82 Å². The van der Waals surface area contributed by atoms with Crippen molar-refractivity contribution in [3.8, 4) is 28.7 Å². The largest absolute Gasteiger partial charge is 0.573 e. The summed E-state index contributed by atoms with van der Waals surface area (Å²) in [6.45, 7) is 2.37. The van der Waals surface area contributed by atoms with Crippen LogP contribution in [0.15, 0.2) is 53.3 Å². The van der Waals surface area contributed by atoms with Gasteiger partial charge in [0, 0.05) is 18.0 Å². The van der Waals surface area contributed by atoms with Gasteiger partial charge in [-0.25, -0.2) is 9.97 Å². The molecule has 0 atom stereocenters. The molecule has 3 heterocycles. The molecule has 4 aromatic rings. The zero-order valence-corrected chi connectivity index (χ0v) is 16.1. The first-order chi connectivity index (χ1) is 14.3. The van der Waals surface area contributed by atoms with Gasteiger partial charge in [-0.1, -0.05) is 22.8 Å². The Labute approximate surface area is 173 Å². The van der Waals surface area contributed by atoms with Crippen molar-refractivity contribution < 1.29 is 22.4 Å². The van der Waals surface area contributed by atoms with E-state index in [1.807, 2.05) is 17.6 Å². The predicted octanol–water partition coefficient (Wildman–Crippen LogP) is 4.90. The highest BCUT2D eigenvalue weighted by Crippen LogP contribution is 2.27. The molecule has 154 valence electrons. The third-order valence-electron chi connectivity index (χ3n) is 4.11. The van der Waals surface area contributed by atoms with Crippen LogP contribution in [0.2, 0.25) is 5.15 Å². The van der Waals surface area contributed by atoms with Crippen LogP contribution in [0, 0.1) is 6.92 Å². The zero-order chi connectivity index (χ0) is 21.3. The Balaban J connectivity index is 1.52. The lowest BCUT2D eigenvalue weighted by Gasteiger charge is -2.08. The van der Waals surface area contributed by atoms with Crippen LogP contribution >= 0.6 is 11.6 Å². The van der Waals surface area contributed by atoms with Crippen molar-refractivity contribution in [3.05, 3.63) is 65.3 Å². The van der Waals surface area contributed by atoms with Gasteiger partial charge in [-0.2, -0.15) is 4.98 Å². The van der Waals surface area contributed by atoms with Crippen LogP contribution in [0.3, 0.4) is 0 Å². The zero-order valence-electron chi connectivity index (χ0n) is 15.4. The quantitative estimate of drug-likeness (QED) is 0.415. The Morgan fingerprint density at radius 3 is 2.53 bits per heavy atom. The van der Waals surface area contributed by atoms with Gasteiger partial charge in [-0.15, -0.1) is 13.2 Å². The maximum absolute atomic E-state index is 12.3. The highest BCUT2D eigenvalue weighted by molar-refractivity contribution is 6.29. The van der Waals surface area contributed by atoms with E-state index < -0.39 is 6.36 Å². The fourth-order valence-electron chi connectivity index (χ4n) is 2.72. The summed E-state index contributed by atoms with van der Waals surface area (Å²) in [5.41, 5.74) is 1.90. The van der Waals surface area contributed by atoms with Crippen LogP contribution in [0.25, 0.3) is 23.0 Å². The number of alkyl halides is 3. The predicted molar refractivity (Wildman–Crippen MR) is 101 cm³/mol. The Morgan fingerprint density at radius 2 is 1.87 bits per heavy atom. The van der Waals surface area contributed by atoms with Gasteiger partial charge < -0.3 is 13.8 Å². The van der Waals surface area contributed by atoms with E-state index in [9.17, 15) is 13.2 Å². The normalized spacial score (nSPS) is 11.6. The molecule has 0 aliphatic carbocycles. The molecule has 0 radical (unpaired) electrons. The van der Waals surface area contributed by atoms with Crippen LogP contribution in [-0.4, -0.2) is 31.0 Å². The molecule has 0 saturated carbocycles. The second kappa shape index (κ2) is 7.79. The van der Waals surface area contributed by atoms with Crippen LogP contribution in [0.4, 0.5) is 13.2 Å². The van der Waals surface area contributed by atoms with E-state index in [4.69, 9.17) is 16.1 Å². The van der Waals surface area contributed by atoms with E-state index in [1.165, 1.54) is 24.3 Å². The molecule has 7 nitrogen and oxygen atoms in total. The van der Waals surface area contributed by atoms with E-state index in [1.54, 1.807) is 18.5 Å². The van der Waals surface area contributed by atoms with Crippen molar-refractivity contribution in [2.45, 2.75) is 19.8 Å². The first-order valence-corrected chi connectivity index (χ1v) is 8.99. The number of nitrogens with zero attached hydrogens (tertiary/aromatic N) is 5. The number of ether oxygens (including phenoxy) is 1. The maximum atomic E-state index is 12.3. The molecule has 0 N–H and O–H groups in total. The van der Waals surface area contributed by atoms with E-state index in [0.717, 1.165) is 11.4 Å². The van der Waals surface area contributed by atoms with Gasteiger partial charge in [0.1, 0.15) is 22.4 Å². The van der Waals surface area contributed by atoms with Gasteiger partial charge in [0.05, 0.1) is 6.54 Å². The number of hydrogen-bond acceptors (Lipinski definition) is 6. The van der Waals surface area contributed by atoms with E-state index >= 15 is 0 Å². The fourth-order valence-corrected chi connectivity index (χ4v) is 2.83. The lowest BCUT2D eigenvalue weighted by atomic mass is 10.2. The molecule has 0 saturated heterocycles. The van der Waals surface area contributed by atoms with Gasteiger partial charge in [-0.05, 0) is 42.8 Å². The maximum Gasteiger partial charge on any atom is 0.573 e. The van der Waals surface area contributed by atoms with Gasteiger partial charge in [0.25, 0.3) is 5.89 Å². The molecule has 4 rings (SSSR count). The average Bonchev–Trinajstić information content (AvgIpc) is 3.30. The number of hydrogen-bond donors (Lipinski definition) is 0. The molecule has 0 spiro atoms. The third kappa shape index (κ3) is 4.60. The van der Waals surface area contributed by atoms with E-state index in [-0.39, 0.29) is 17.5 Å². The molecule has 1 aromatic carbocycles. The summed E-state index contributed by atoms with van der Waals surface area (Å²) >= 11 is 5.80. The van der Waals surface area contributed by atoms with Crippen LogP contribution in [0.5, 0.6) is 5.75 Å². The molecule has 0 amide bonds. The Hall–Kier alpha value is -3.40. The van der Waals surface area contributed by atoms with Gasteiger partial charge >= 0.3 is 6.36 Å². The van der Waals surface area contributed by atoms with Crippen LogP contribution in [0.1, 0.15) is 11.4 Å². The number of aromatic nitrogens is 5. The highest BCUT2D eigenvalue weighted by atomic mass is 35.5. The second-order valence-corrected chi connectivity index (χ2v) is 6.67. The topological polar surface area (TPSA) is 78.9 Å². The number of pyridine rings is 1. The molecule has 3 aromatic heterocycles. The average molecular weight is 436 g/mol. The number of rotatable bonds is 5. The lowest BCUT2D eigenvalue weighted by Crippen LogP contribution is -2.16. The van der Waals surface area contributed by atoms with Gasteiger partial charge in [-0.3, -0.25) is 0 Å². The molecule has 0 aliphatic rings. The second-order valence-electron chi connectivity index (χ2n) is 6.29. The summed E-state index contributed by atoms with van der Waals surface area (Å²) < 4.78 is 47.8. The minimum Gasteiger partial charge on any atom is -0.406 e. The first kappa shape index (κ1) is 19.9. The Morgan fingerprint density at radius 1 is 1.10 bits per heavy atom. The molecule has 11 heteroatoms. The van der Waals surface area contributed by atoms with Crippen molar-refractivity contribution in [1.82, 2.24) is 24.7 Å². The lowest BCUT2D eigenvalue weighted by molar-refractivity contribution is -0.274. The number of imidazole rings is 1. The molecular weight excluding hydrogens is 423 g/mol. The van der Waals surface area contributed by atoms with E-state index in [2.05, 4.69) is 24.8 Å². The Kier molecular flexibility index (Phi) is 5.17. The molecular formula is C19H13ClF3N5O2. The highest BCUT2D eigenvalue weighted by Gasteiger charge is 2.31. The standard InChI is InChI=1S/C19H13ClF3N5O2/c1-11-25-15(10-28(11)9-12-2-7-16(20)24-8-12)18-26-17(27-30-18)13-3-5-14(6-4-13)29-19(21,22)23/h2-8,10H,9H2,1H3. The minimum atomic E-state index is -4.75. The molecule has 0 aliphatic heterocycles. The molecule has 0 fully saturated rings. The van der Waals surface area contributed by atoms with Gasteiger partial charge in [0.15, 0.2) is 0 Å². The van der Waals surface area contributed by atoms with Crippen molar-refractivity contribution in [1.29, 1.82) is 0 Å². The van der Waals surface area contributed by atoms with Crippen LogP contribution in [-0.2, 0) is 6.54 Å². The summed E-state index contributed by atoms with van der Waals surface area (Å²) in [7, 11) is 0. The van der Waals surface area contributed by atoms with Crippen molar-refractivity contribution in [2.75, 3.05) is 0 Å². The van der Waals surface area contributed by atoms with E-state index in [0.29, 0.717) is 23.0 Å². The number of benzene rings is 1. The minimum absolute atomic E-state index is 0.191. The summed E-state index contributed by atoms with van der Waals surface area (Å²) in [5, 5.41) is 4.29. The van der Waals surface area contributed by atoms with Crippen molar-refractivity contribution in [2.24, 2.45) is 0 Å². The summed E-state index contributed by atoms with van der Waals surface area (Å²) in [4.78, 5) is 12.8. The number of halogens is 4. The fraction of sp³-hybridized carbons (Fsp3) is 0.158. The summed E-state index contributed by atoms with van der Waals surface area (Å²) in [6, 6.07) is 8.75. The molecule has 0 unspecified atom stereocenters. The SMILES string of the molecule is Cc1nc(-c2nc(-c3ccc(OC(F)(F)F)cc3)no2)cn1Cc1ccc(Cl)nc1. The molecule has 0 bridgehead atoms. The Bertz CT molecular complexity index is 1150. The summed E-state index contributed by atoms with van der Waals surface area (Å²) in [5.74, 6) is 0.809. The third-order valence-corrected chi connectivity index (χ3v) is 4.33. The molecule has 30 heavy (non-hydrogen) atoms. The number of aryl methyl sites for hydroxylation is 1. The first-order valence-electron chi connectivity index (χ1n) is 8.61. The van der Waals surface area contributed by atoms with Crippen molar-refractivity contribution >= 4 is 11.6 Å². The van der Waals surface area contributed by atoms with Crippen molar-refractivity contribution in [3.63, 3.8) is 0 Å².